The number of methoxy groups -OCH3 is 1. The number of rotatable bonds is 2. The van der Waals surface area contributed by atoms with Crippen molar-refractivity contribution in [3.05, 3.63) is 16.3 Å². The number of halogens is 1. The highest BCUT2D eigenvalue weighted by Gasteiger charge is 2.25. The molecule has 2 heterocycles. The fraction of sp³-hybridized carbons (Fsp3) is 0.545. The highest BCUT2D eigenvalue weighted by Crippen LogP contribution is 2.23. The number of thiophene rings is 1. The SMILES string of the molecule is COc1csc(C(=O)N2CCNC[C@@H]2C)c1.Cl. The second-order valence-corrected chi connectivity index (χ2v) is 4.81. The highest BCUT2D eigenvalue weighted by molar-refractivity contribution is 7.12. The van der Waals surface area contributed by atoms with E-state index < -0.39 is 0 Å². The lowest BCUT2D eigenvalue weighted by Gasteiger charge is -2.33. The lowest BCUT2D eigenvalue weighted by molar-refractivity contribution is 0.0660. The molecule has 0 spiro atoms. The van der Waals surface area contributed by atoms with Gasteiger partial charge in [-0.3, -0.25) is 4.79 Å². The zero-order valence-electron chi connectivity index (χ0n) is 9.93. The maximum atomic E-state index is 12.2. The second kappa shape index (κ2) is 6.23. The van der Waals surface area contributed by atoms with E-state index >= 15 is 0 Å². The lowest BCUT2D eigenvalue weighted by atomic mass is 10.2. The van der Waals surface area contributed by atoms with Crippen molar-refractivity contribution in [1.29, 1.82) is 0 Å². The smallest absolute Gasteiger partial charge is 0.264 e. The number of nitrogens with zero attached hydrogens (tertiary/aromatic N) is 1. The molecule has 1 amide bonds. The number of hydrogen-bond acceptors (Lipinski definition) is 4. The molecule has 0 saturated carbocycles. The first-order valence-electron chi connectivity index (χ1n) is 5.36. The fourth-order valence-corrected chi connectivity index (χ4v) is 2.63. The average molecular weight is 277 g/mol. The zero-order valence-corrected chi connectivity index (χ0v) is 11.6. The molecule has 1 N–H and O–H groups in total. The Balaban J connectivity index is 0.00000144. The first kappa shape index (κ1) is 14.3. The first-order chi connectivity index (χ1) is 7.72. The molecule has 1 aromatic heterocycles. The minimum atomic E-state index is 0. The van der Waals surface area contributed by atoms with Crippen molar-refractivity contribution >= 4 is 29.7 Å². The van der Waals surface area contributed by atoms with Gasteiger partial charge < -0.3 is 15.0 Å². The van der Waals surface area contributed by atoms with E-state index in [9.17, 15) is 4.79 Å². The van der Waals surface area contributed by atoms with Gasteiger partial charge in [-0.15, -0.1) is 23.7 Å². The van der Waals surface area contributed by atoms with Crippen LogP contribution in [0.2, 0.25) is 0 Å². The summed E-state index contributed by atoms with van der Waals surface area (Å²) in [6, 6.07) is 2.07. The van der Waals surface area contributed by atoms with Crippen LogP contribution < -0.4 is 10.1 Å². The normalized spacial score (nSPS) is 19.6. The van der Waals surface area contributed by atoms with E-state index in [0.29, 0.717) is 0 Å². The molecule has 1 aliphatic heterocycles. The van der Waals surface area contributed by atoms with Crippen LogP contribution in [-0.2, 0) is 0 Å². The van der Waals surface area contributed by atoms with Crippen molar-refractivity contribution in [3.8, 4) is 5.75 Å². The number of amides is 1. The Hall–Kier alpha value is -0.780. The summed E-state index contributed by atoms with van der Waals surface area (Å²) in [4.78, 5) is 14.9. The maximum absolute atomic E-state index is 12.2. The molecule has 0 bridgehead atoms. The first-order valence-corrected chi connectivity index (χ1v) is 6.24. The Kier molecular flexibility index (Phi) is 5.24. The van der Waals surface area contributed by atoms with Gasteiger partial charge in [0.15, 0.2) is 0 Å². The van der Waals surface area contributed by atoms with E-state index in [1.807, 2.05) is 16.3 Å². The van der Waals surface area contributed by atoms with E-state index in [0.717, 1.165) is 30.3 Å². The molecular formula is C11H17ClN2O2S. The van der Waals surface area contributed by atoms with Gasteiger partial charge in [0, 0.05) is 37.1 Å². The fourth-order valence-electron chi connectivity index (χ4n) is 1.82. The molecule has 4 nitrogen and oxygen atoms in total. The van der Waals surface area contributed by atoms with Gasteiger partial charge >= 0.3 is 0 Å². The molecule has 0 unspecified atom stereocenters. The minimum Gasteiger partial charge on any atom is -0.496 e. The highest BCUT2D eigenvalue weighted by atomic mass is 35.5. The Bertz CT molecular complexity index is 383. The monoisotopic (exact) mass is 276 g/mol. The van der Waals surface area contributed by atoms with Gasteiger partial charge in [-0.2, -0.15) is 0 Å². The van der Waals surface area contributed by atoms with E-state index in [1.54, 1.807) is 7.11 Å². The minimum absolute atomic E-state index is 0. The van der Waals surface area contributed by atoms with Crippen LogP contribution in [0.3, 0.4) is 0 Å². The Morgan fingerprint density at radius 3 is 3.00 bits per heavy atom. The van der Waals surface area contributed by atoms with Crippen molar-refractivity contribution in [3.63, 3.8) is 0 Å². The summed E-state index contributed by atoms with van der Waals surface area (Å²) in [5.74, 6) is 0.874. The third-order valence-electron chi connectivity index (χ3n) is 2.78. The third kappa shape index (κ3) is 3.12. The van der Waals surface area contributed by atoms with E-state index in [2.05, 4.69) is 12.2 Å². The van der Waals surface area contributed by atoms with Crippen molar-refractivity contribution in [2.75, 3.05) is 26.7 Å². The third-order valence-corrected chi connectivity index (χ3v) is 3.68. The van der Waals surface area contributed by atoms with Crippen LogP contribution in [-0.4, -0.2) is 43.6 Å². The molecular weight excluding hydrogens is 260 g/mol. The topological polar surface area (TPSA) is 41.6 Å². The number of hydrogen-bond donors (Lipinski definition) is 1. The number of carbonyl (C=O) groups is 1. The molecule has 6 heteroatoms. The van der Waals surface area contributed by atoms with E-state index in [1.165, 1.54) is 11.3 Å². The van der Waals surface area contributed by atoms with Crippen LogP contribution in [0, 0.1) is 0 Å². The van der Waals surface area contributed by atoms with Crippen LogP contribution in [0.5, 0.6) is 5.75 Å². The van der Waals surface area contributed by atoms with Crippen molar-refractivity contribution in [2.45, 2.75) is 13.0 Å². The summed E-state index contributed by atoms with van der Waals surface area (Å²) in [6.07, 6.45) is 0. The largest absolute Gasteiger partial charge is 0.496 e. The molecule has 2 rings (SSSR count). The summed E-state index contributed by atoms with van der Waals surface area (Å²) >= 11 is 1.44. The Labute approximate surface area is 111 Å². The van der Waals surface area contributed by atoms with Crippen molar-refractivity contribution in [2.24, 2.45) is 0 Å². The zero-order chi connectivity index (χ0) is 11.5. The van der Waals surface area contributed by atoms with Gasteiger partial charge in [0.25, 0.3) is 5.91 Å². The molecule has 17 heavy (non-hydrogen) atoms. The molecule has 1 aliphatic rings. The predicted octanol–water partition coefficient (Wildman–Crippen LogP) is 1.61. The van der Waals surface area contributed by atoms with Crippen LogP contribution in [0.1, 0.15) is 16.6 Å². The summed E-state index contributed by atoms with van der Waals surface area (Å²) in [6.45, 7) is 4.59. The number of piperazine rings is 1. The van der Waals surface area contributed by atoms with Crippen LogP contribution in [0.25, 0.3) is 0 Å². The van der Waals surface area contributed by atoms with Crippen LogP contribution >= 0.6 is 23.7 Å². The number of carbonyl (C=O) groups excluding carboxylic acids is 1. The van der Waals surface area contributed by atoms with Gasteiger partial charge in [0.1, 0.15) is 5.75 Å². The van der Waals surface area contributed by atoms with Gasteiger partial charge in [-0.25, -0.2) is 0 Å². The standard InChI is InChI=1S/C11H16N2O2S.ClH/c1-8-6-12-3-4-13(8)11(14)10-5-9(15-2)7-16-10;/h5,7-8,12H,3-4,6H2,1-2H3;1H/t8-;/m0./s1. The van der Waals surface area contributed by atoms with Gasteiger partial charge in [0.05, 0.1) is 12.0 Å². The van der Waals surface area contributed by atoms with Crippen molar-refractivity contribution < 1.29 is 9.53 Å². The average Bonchev–Trinajstić information content (AvgIpc) is 2.77. The van der Waals surface area contributed by atoms with Crippen LogP contribution in [0.15, 0.2) is 11.4 Å². The van der Waals surface area contributed by atoms with E-state index in [-0.39, 0.29) is 24.4 Å². The molecule has 0 aliphatic carbocycles. The second-order valence-electron chi connectivity index (χ2n) is 3.90. The number of ether oxygens (including phenoxy) is 1. The molecule has 1 saturated heterocycles. The lowest BCUT2D eigenvalue weighted by Crippen LogP contribution is -2.52. The molecule has 1 fully saturated rings. The molecule has 0 aromatic carbocycles. The van der Waals surface area contributed by atoms with Crippen molar-refractivity contribution in [1.82, 2.24) is 10.2 Å². The Morgan fingerprint density at radius 2 is 2.41 bits per heavy atom. The summed E-state index contributed by atoms with van der Waals surface area (Å²) < 4.78 is 5.09. The quantitative estimate of drug-likeness (QED) is 0.892. The summed E-state index contributed by atoms with van der Waals surface area (Å²) in [7, 11) is 1.61. The maximum Gasteiger partial charge on any atom is 0.264 e. The predicted molar refractivity (Wildman–Crippen MR) is 71.5 cm³/mol. The summed E-state index contributed by atoms with van der Waals surface area (Å²) in [5, 5.41) is 5.13. The van der Waals surface area contributed by atoms with Gasteiger partial charge in [0.2, 0.25) is 0 Å². The molecule has 1 atom stereocenters. The van der Waals surface area contributed by atoms with E-state index in [4.69, 9.17) is 4.74 Å². The van der Waals surface area contributed by atoms with Gasteiger partial charge in [-0.1, -0.05) is 0 Å². The molecule has 96 valence electrons. The molecule has 1 aromatic rings. The number of nitrogens with one attached hydrogen (secondary N) is 1. The van der Waals surface area contributed by atoms with Crippen LogP contribution in [0.4, 0.5) is 0 Å². The Morgan fingerprint density at radius 1 is 1.65 bits per heavy atom. The molecule has 0 radical (unpaired) electrons. The van der Waals surface area contributed by atoms with Gasteiger partial charge in [-0.05, 0) is 6.92 Å². The summed E-state index contributed by atoms with van der Waals surface area (Å²) in [5.41, 5.74) is 0.